The zero-order valence-corrected chi connectivity index (χ0v) is 12.2. The molecule has 3 saturated carbocycles. The summed E-state index contributed by atoms with van der Waals surface area (Å²) < 4.78 is 5.83. The third-order valence-electron chi connectivity index (χ3n) is 5.41. The van der Waals surface area contributed by atoms with E-state index in [1.54, 1.807) is 0 Å². The molecule has 1 aromatic heterocycles. The average Bonchev–Trinajstić information content (AvgIpc) is 2.87. The lowest BCUT2D eigenvalue weighted by atomic mass is 9.86. The topological polar surface area (TPSA) is 51.0 Å². The Labute approximate surface area is 120 Å². The Morgan fingerprint density at radius 3 is 2.70 bits per heavy atom. The number of aromatic nitrogens is 2. The summed E-state index contributed by atoms with van der Waals surface area (Å²) in [5, 5.41) is 12.0. The Morgan fingerprint density at radius 1 is 1.05 bits per heavy atom. The molecule has 2 bridgehead atoms. The summed E-state index contributed by atoms with van der Waals surface area (Å²) in [6.07, 6.45) is 11.5. The van der Waals surface area contributed by atoms with E-state index in [0.717, 1.165) is 61.4 Å². The van der Waals surface area contributed by atoms with E-state index in [2.05, 4.69) is 15.5 Å². The van der Waals surface area contributed by atoms with Crippen molar-refractivity contribution in [3.8, 4) is 0 Å². The van der Waals surface area contributed by atoms with Crippen LogP contribution < -0.4 is 5.32 Å². The Bertz CT molecular complexity index is 454. The maximum atomic E-state index is 5.83. The fourth-order valence-electron chi connectivity index (χ4n) is 4.16. The van der Waals surface area contributed by atoms with E-state index in [1.165, 1.54) is 38.5 Å². The number of hydrogen-bond donors (Lipinski definition) is 1. The maximum absolute atomic E-state index is 5.83. The second kappa shape index (κ2) is 5.47. The lowest BCUT2D eigenvalue weighted by molar-refractivity contribution is 0.303. The highest BCUT2D eigenvalue weighted by atomic mass is 16.4. The molecular weight excluding hydrogens is 250 g/mol. The molecule has 3 fully saturated rings. The first-order valence-electron chi connectivity index (χ1n) is 8.41. The van der Waals surface area contributed by atoms with Crippen LogP contribution in [-0.4, -0.2) is 22.8 Å². The summed E-state index contributed by atoms with van der Waals surface area (Å²) >= 11 is 0. The number of nitrogens with one attached hydrogen (secondary N) is 1. The lowest BCUT2D eigenvalue weighted by Crippen LogP contribution is -2.17. The minimum absolute atomic E-state index is 0.797. The van der Waals surface area contributed by atoms with Gasteiger partial charge in [0.15, 0.2) is 0 Å². The highest BCUT2D eigenvalue weighted by Gasteiger charge is 2.39. The normalized spacial score (nSPS) is 32.1. The fourth-order valence-corrected chi connectivity index (χ4v) is 4.16. The standard InChI is InChI=1S/C16H25N3O/c1(7-17-14-5-6-14)2-15-18-19-16(20-15)10-13-9-11-3-4-12(13)8-11/h11-14,17H,1-10H2. The first-order chi connectivity index (χ1) is 9.87. The molecule has 0 aliphatic heterocycles. The first-order valence-corrected chi connectivity index (χ1v) is 8.41. The van der Waals surface area contributed by atoms with Gasteiger partial charge in [0, 0.05) is 18.9 Å². The van der Waals surface area contributed by atoms with Gasteiger partial charge in [0.25, 0.3) is 0 Å². The zero-order chi connectivity index (χ0) is 13.4. The summed E-state index contributed by atoms with van der Waals surface area (Å²) in [6.45, 7) is 1.08. The van der Waals surface area contributed by atoms with E-state index in [9.17, 15) is 0 Å². The van der Waals surface area contributed by atoms with E-state index >= 15 is 0 Å². The molecule has 1 aromatic rings. The van der Waals surface area contributed by atoms with E-state index in [4.69, 9.17) is 4.42 Å². The van der Waals surface area contributed by atoms with Gasteiger partial charge in [-0.3, -0.25) is 0 Å². The van der Waals surface area contributed by atoms with Gasteiger partial charge in [0.1, 0.15) is 0 Å². The molecular formula is C16H25N3O. The number of aryl methyl sites for hydroxylation is 1. The van der Waals surface area contributed by atoms with Crippen molar-refractivity contribution in [2.75, 3.05) is 6.54 Å². The van der Waals surface area contributed by atoms with Gasteiger partial charge in [-0.25, -0.2) is 0 Å². The van der Waals surface area contributed by atoms with Crippen molar-refractivity contribution in [1.29, 1.82) is 0 Å². The third kappa shape index (κ3) is 2.90. The van der Waals surface area contributed by atoms with E-state index < -0.39 is 0 Å². The van der Waals surface area contributed by atoms with E-state index in [-0.39, 0.29) is 0 Å². The van der Waals surface area contributed by atoms with Gasteiger partial charge < -0.3 is 9.73 Å². The van der Waals surface area contributed by atoms with Gasteiger partial charge >= 0.3 is 0 Å². The van der Waals surface area contributed by atoms with Gasteiger partial charge in [-0.05, 0) is 62.8 Å². The second-order valence-electron chi connectivity index (χ2n) is 7.06. The lowest BCUT2D eigenvalue weighted by Gasteiger charge is -2.19. The number of fused-ring (bicyclic) bond motifs is 2. The Kier molecular flexibility index (Phi) is 3.51. The number of nitrogens with zero attached hydrogens (tertiary/aromatic N) is 2. The molecule has 0 spiro atoms. The molecule has 1 heterocycles. The predicted molar refractivity (Wildman–Crippen MR) is 76.3 cm³/mol. The van der Waals surface area contributed by atoms with Crippen LogP contribution in [0.15, 0.2) is 4.42 Å². The Hall–Kier alpha value is -0.900. The molecule has 110 valence electrons. The molecule has 4 rings (SSSR count). The van der Waals surface area contributed by atoms with E-state index in [0.29, 0.717) is 0 Å². The van der Waals surface area contributed by atoms with Gasteiger partial charge in [-0.15, -0.1) is 10.2 Å². The SMILES string of the molecule is C(CNC1CC1)Cc1nnc(CC2CC3CCC2C3)o1. The fraction of sp³-hybridized carbons (Fsp3) is 0.875. The summed E-state index contributed by atoms with van der Waals surface area (Å²) in [6, 6.07) is 0.797. The van der Waals surface area contributed by atoms with Gasteiger partial charge in [0.05, 0.1) is 0 Å². The molecule has 1 N–H and O–H groups in total. The first kappa shape index (κ1) is 12.8. The predicted octanol–water partition coefficient (Wildman–Crippen LogP) is 2.73. The van der Waals surface area contributed by atoms with Gasteiger partial charge in [-0.1, -0.05) is 6.42 Å². The quantitative estimate of drug-likeness (QED) is 0.777. The third-order valence-corrected chi connectivity index (χ3v) is 5.41. The van der Waals surface area contributed by atoms with Crippen molar-refractivity contribution >= 4 is 0 Å². The molecule has 3 aliphatic carbocycles. The van der Waals surface area contributed by atoms with Crippen LogP contribution in [0.5, 0.6) is 0 Å². The molecule has 0 aromatic carbocycles. The molecule has 0 amide bonds. The second-order valence-corrected chi connectivity index (χ2v) is 7.06. The molecule has 0 radical (unpaired) electrons. The minimum atomic E-state index is 0.797. The maximum Gasteiger partial charge on any atom is 0.216 e. The van der Waals surface area contributed by atoms with Crippen molar-refractivity contribution in [1.82, 2.24) is 15.5 Å². The monoisotopic (exact) mass is 275 g/mol. The summed E-state index contributed by atoms with van der Waals surface area (Å²) in [7, 11) is 0. The van der Waals surface area contributed by atoms with Crippen LogP contribution in [-0.2, 0) is 12.8 Å². The van der Waals surface area contributed by atoms with Crippen LogP contribution in [0.4, 0.5) is 0 Å². The molecule has 3 unspecified atom stereocenters. The molecule has 3 atom stereocenters. The van der Waals surface area contributed by atoms with Crippen molar-refractivity contribution < 1.29 is 4.42 Å². The highest BCUT2D eigenvalue weighted by Crippen LogP contribution is 2.49. The van der Waals surface area contributed by atoms with Crippen LogP contribution in [0.1, 0.15) is 56.7 Å². The Balaban J connectivity index is 1.23. The summed E-state index contributed by atoms with van der Waals surface area (Å²) in [4.78, 5) is 0. The molecule has 4 heteroatoms. The van der Waals surface area contributed by atoms with Crippen LogP contribution in [0.2, 0.25) is 0 Å². The zero-order valence-electron chi connectivity index (χ0n) is 12.2. The van der Waals surface area contributed by atoms with Crippen LogP contribution in [0.3, 0.4) is 0 Å². The van der Waals surface area contributed by atoms with Crippen molar-refractivity contribution in [2.24, 2.45) is 17.8 Å². The van der Waals surface area contributed by atoms with Crippen molar-refractivity contribution in [3.63, 3.8) is 0 Å². The van der Waals surface area contributed by atoms with Crippen LogP contribution in [0.25, 0.3) is 0 Å². The molecule has 20 heavy (non-hydrogen) atoms. The summed E-state index contributed by atoms with van der Waals surface area (Å²) in [5.41, 5.74) is 0. The molecule has 0 saturated heterocycles. The summed E-state index contributed by atoms with van der Waals surface area (Å²) in [5.74, 6) is 4.48. The van der Waals surface area contributed by atoms with E-state index in [1.807, 2.05) is 0 Å². The van der Waals surface area contributed by atoms with Gasteiger partial charge in [-0.2, -0.15) is 0 Å². The highest BCUT2D eigenvalue weighted by molar-refractivity contribution is 4.95. The van der Waals surface area contributed by atoms with Crippen LogP contribution >= 0.6 is 0 Å². The largest absolute Gasteiger partial charge is 0.425 e. The molecule has 3 aliphatic rings. The molecule has 4 nitrogen and oxygen atoms in total. The van der Waals surface area contributed by atoms with Crippen molar-refractivity contribution in [3.05, 3.63) is 11.8 Å². The smallest absolute Gasteiger partial charge is 0.216 e. The van der Waals surface area contributed by atoms with Crippen LogP contribution in [0, 0.1) is 17.8 Å². The average molecular weight is 275 g/mol. The number of hydrogen-bond acceptors (Lipinski definition) is 4. The number of rotatable bonds is 7. The van der Waals surface area contributed by atoms with Crippen molar-refractivity contribution in [2.45, 2.75) is 63.8 Å². The minimum Gasteiger partial charge on any atom is -0.425 e. The van der Waals surface area contributed by atoms with Gasteiger partial charge in [0.2, 0.25) is 11.8 Å². The Morgan fingerprint density at radius 2 is 1.95 bits per heavy atom.